The largest absolute Gasteiger partial charge is 0.462 e. The summed E-state index contributed by atoms with van der Waals surface area (Å²) in [4.78, 5) is 34.6. The monoisotopic (exact) mass is 674 g/mol. The normalized spacial score (nSPS) is 24.3. The highest BCUT2D eigenvalue weighted by Gasteiger charge is 2.58. The minimum absolute atomic E-state index is 0.0541. The molecule has 2 aromatic heterocycles. The topological polar surface area (TPSA) is 102 Å². The second kappa shape index (κ2) is 12.5. The maximum atomic E-state index is 14.5. The summed E-state index contributed by atoms with van der Waals surface area (Å²) < 4.78 is 34.7. The van der Waals surface area contributed by atoms with E-state index in [4.69, 9.17) is 14.7 Å². The minimum Gasteiger partial charge on any atom is -0.462 e. The summed E-state index contributed by atoms with van der Waals surface area (Å²) in [6.45, 7) is 10.4. The van der Waals surface area contributed by atoms with Crippen LogP contribution in [0.4, 0.5) is 20.3 Å². The van der Waals surface area contributed by atoms with E-state index in [1.54, 1.807) is 11.8 Å². The number of ether oxygens (including phenoxy) is 1. The molecule has 1 saturated carbocycles. The molecule has 3 atom stereocenters. The Morgan fingerprint density at radius 3 is 2.79 bits per heavy atom. The van der Waals surface area contributed by atoms with Crippen LogP contribution < -0.4 is 14.5 Å². The van der Waals surface area contributed by atoms with E-state index in [1.807, 2.05) is 25.5 Å². The van der Waals surface area contributed by atoms with E-state index in [2.05, 4.69) is 58.3 Å². The first-order valence-corrected chi connectivity index (χ1v) is 17.3. The van der Waals surface area contributed by atoms with Gasteiger partial charge in [0, 0.05) is 55.3 Å². The summed E-state index contributed by atoms with van der Waals surface area (Å²) in [5, 5.41) is 11.9. The molecule has 0 N–H and O–H groups in total. The average molecular weight is 675 g/mol. The van der Waals surface area contributed by atoms with E-state index in [0.717, 1.165) is 34.3 Å². The Labute approximate surface area is 283 Å². The number of benzene rings is 1. The van der Waals surface area contributed by atoms with Crippen molar-refractivity contribution in [2.45, 2.75) is 67.9 Å². The van der Waals surface area contributed by atoms with E-state index in [0.29, 0.717) is 57.9 Å². The number of alkyl halides is 1. The Morgan fingerprint density at radius 1 is 1.23 bits per heavy atom. The number of carbonyl (C=O) groups is 1. The third-order valence-electron chi connectivity index (χ3n) is 10.3. The number of carbonyl (C=O) groups excluding carboxylic acids is 1. The number of anilines is 2. The van der Waals surface area contributed by atoms with Crippen LogP contribution in [0.2, 0.25) is 0 Å². The maximum absolute atomic E-state index is 14.5. The van der Waals surface area contributed by atoms with Crippen molar-refractivity contribution in [2.24, 2.45) is 0 Å². The Morgan fingerprint density at radius 2 is 2.04 bits per heavy atom. The van der Waals surface area contributed by atoms with Crippen molar-refractivity contribution in [1.29, 1.82) is 5.26 Å². The number of amides is 1. The van der Waals surface area contributed by atoms with Crippen LogP contribution in [0.25, 0.3) is 10.8 Å². The summed E-state index contributed by atoms with van der Waals surface area (Å²) in [5.41, 5.74) is 2.99. The summed E-state index contributed by atoms with van der Waals surface area (Å²) in [7, 11) is 1.97. The van der Waals surface area contributed by atoms with Crippen LogP contribution >= 0.6 is 11.8 Å². The zero-order valence-electron chi connectivity index (χ0n) is 27.6. The van der Waals surface area contributed by atoms with Crippen molar-refractivity contribution < 1.29 is 18.3 Å². The van der Waals surface area contributed by atoms with Gasteiger partial charge in [-0.3, -0.25) is 14.7 Å². The number of aromatic nitrogens is 3. The number of hydrogen-bond donors (Lipinski definition) is 0. The first-order chi connectivity index (χ1) is 23.0. The molecule has 0 radical (unpaired) electrons. The van der Waals surface area contributed by atoms with Gasteiger partial charge in [-0.25, -0.2) is 8.78 Å². The predicted octanol–water partition coefficient (Wildman–Crippen LogP) is 4.95. The third kappa shape index (κ3) is 6.16. The smallest absolute Gasteiger partial charge is 0.318 e. The molecule has 1 unspecified atom stereocenters. The number of piperazine rings is 1. The molecule has 13 heteroatoms. The van der Waals surface area contributed by atoms with Crippen LogP contribution in [-0.4, -0.2) is 98.9 Å². The molecule has 7 rings (SSSR count). The van der Waals surface area contributed by atoms with Crippen molar-refractivity contribution in [3.8, 4) is 12.1 Å². The van der Waals surface area contributed by atoms with Gasteiger partial charge < -0.3 is 19.4 Å². The van der Waals surface area contributed by atoms with Gasteiger partial charge in [0.25, 0.3) is 5.91 Å². The van der Waals surface area contributed by atoms with Gasteiger partial charge in [-0.1, -0.05) is 24.8 Å². The van der Waals surface area contributed by atoms with E-state index >= 15 is 0 Å². The number of hydrogen-bond acceptors (Lipinski definition) is 10. The Kier molecular flexibility index (Phi) is 8.44. The lowest BCUT2D eigenvalue weighted by Crippen LogP contribution is -2.55. The molecule has 48 heavy (non-hydrogen) atoms. The van der Waals surface area contributed by atoms with Gasteiger partial charge in [0.15, 0.2) is 5.83 Å². The van der Waals surface area contributed by atoms with Crippen LogP contribution in [-0.2, 0) is 17.8 Å². The highest BCUT2D eigenvalue weighted by molar-refractivity contribution is 8.08. The van der Waals surface area contributed by atoms with E-state index in [1.165, 1.54) is 10.5 Å². The molecule has 10 nitrogen and oxygen atoms in total. The van der Waals surface area contributed by atoms with Crippen LogP contribution in [0.1, 0.15) is 43.0 Å². The number of aryl methyl sites for hydroxylation is 1. The number of fused-ring (bicyclic) bond motifs is 2. The van der Waals surface area contributed by atoms with Gasteiger partial charge in [-0.05, 0) is 45.7 Å². The number of pyridine rings is 1. The first-order valence-electron chi connectivity index (χ1n) is 16.5. The molecule has 1 aromatic carbocycles. The van der Waals surface area contributed by atoms with Crippen molar-refractivity contribution in [3.05, 3.63) is 59.8 Å². The molecule has 2 saturated heterocycles. The Balaban J connectivity index is 1.18. The minimum atomic E-state index is -1.07. The predicted molar refractivity (Wildman–Crippen MR) is 182 cm³/mol. The first kappa shape index (κ1) is 32.5. The lowest BCUT2D eigenvalue weighted by molar-refractivity contribution is -0.131. The molecule has 5 heterocycles. The number of halogens is 2. The van der Waals surface area contributed by atoms with Gasteiger partial charge in [0.05, 0.1) is 52.8 Å². The standard InChI is InChI=1S/C35H40F2N8O2S/c1-22-6-5-7-24-16-39-17-28(30(22)24)43-13-9-26-27(19-43)40-33(47-20-29-34(3,48-29)42(4)21-35(37)10-11-35)41-31(26)44-14-15-45(32(46)23(2)36)25(18-44)8-12-38/h5-7,16-17,25,29H,2,8-11,13-15,18-21H2,1,3-4H3/t25-,29?,34-/m0/s1. The molecule has 3 aliphatic heterocycles. The lowest BCUT2D eigenvalue weighted by Gasteiger charge is -2.42. The van der Waals surface area contributed by atoms with Crippen LogP contribution in [0.5, 0.6) is 6.01 Å². The quantitative estimate of drug-likeness (QED) is 0.217. The fraction of sp³-hybridized carbons (Fsp3) is 0.514. The van der Waals surface area contributed by atoms with Crippen molar-refractivity contribution in [3.63, 3.8) is 0 Å². The molecule has 3 aromatic rings. The summed E-state index contributed by atoms with van der Waals surface area (Å²) in [6, 6.07) is 8.10. The molecular weight excluding hydrogens is 635 g/mol. The van der Waals surface area contributed by atoms with Crippen molar-refractivity contribution in [1.82, 2.24) is 24.8 Å². The molecule has 0 spiro atoms. The van der Waals surface area contributed by atoms with E-state index in [-0.39, 0.29) is 29.1 Å². The van der Waals surface area contributed by atoms with Crippen LogP contribution in [0.15, 0.2) is 43.0 Å². The lowest BCUT2D eigenvalue weighted by atomic mass is 10.0. The van der Waals surface area contributed by atoms with Crippen LogP contribution in [0.3, 0.4) is 0 Å². The van der Waals surface area contributed by atoms with Crippen LogP contribution in [0, 0.1) is 18.3 Å². The maximum Gasteiger partial charge on any atom is 0.318 e. The Bertz CT molecular complexity index is 1810. The fourth-order valence-corrected chi connectivity index (χ4v) is 8.25. The number of nitrogens with zero attached hydrogens (tertiary/aromatic N) is 8. The Hall–Kier alpha value is -4.02. The van der Waals surface area contributed by atoms with Gasteiger partial charge >= 0.3 is 6.01 Å². The van der Waals surface area contributed by atoms with Gasteiger partial charge in [-0.15, -0.1) is 11.8 Å². The number of nitriles is 1. The molecule has 4 aliphatic rings. The highest BCUT2D eigenvalue weighted by Crippen LogP contribution is 2.56. The molecule has 0 bridgehead atoms. The summed E-state index contributed by atoms with van der Waals surface area (Å²) in [6.07, 6.45) is 5.76. The van der Waals surface area contributed by atoms with Gasteiger partial charge in [0.1, 0.15) is 18.1 Å². The van der Waals surface area contributed by atoms with Crippen molar-refractivity contribution >= 4 is 39.9 Å². The van der Waals surface area contributed by atoms with Crippen molar-refractivity contribution in [2.75, 3.05) is 56.2 Å². The molecule has 3 fully saturated rings. The zero-order chi connectivity index (χ0) is 33.8. The fourth-order valence-electron chi connectivity index (χ4n) is 7.12. The van der Waals surface area contributed by atoms with Gasteiger partial charge in [-0.2, -0.15) is 15.2 Å². The second-order valence-corrected chi connectivity index (χ2v) is 15.2. The van der Waals surface area contributed by atoms with Gasteiger partial charge in [0.2, 0.25) is 0 Å². The third-order valence-corrected chi connectivity index (χ3v) is 12.0. The molecule has 1 aliphatic carbocycles. The summed E-state index contributed by atoms with van der Waals surface area (Å²) in [5.74, 6) is -1.10. The van der Waals surface area contributed by atoms with E-state index in [9.17, 15) is 18.8 Å². The SMILES string of the molecule is C=C(F)C(=O)N1CCN(c2nc(OCC3S[C@]3(C)N(C)CC3(F)CC3)nc3c2CCN(c2cncc4cccc(C)c24)C3)C[C@@H]1CC#N. The molecule has 252 valence electrons. The summed E-state index contributed by atoms with van der Waals surface area (Å²) >= 11 is 1.75. The zero-order valence-corrected chi connectivity index (χ0v) is 28.4. The average Bonchev–Trinajstić information content (AvgIpc) is 3.98. The number of thioether (sulfide) groups is 1. The molecular formula is C35H40F2N8O2S. The highest BCUT2D eigenvalue weighted by atomic mass is 32.2. The number of rotatable bonds is 10. The molecule has 1 amide bonds. The second-order valence-electron chi connectivity index (χ2n) is 13.6. The van der Waals surface area contributed by atoms with E-state index < -0.39 is 23.4 Å².